The SMILES string of the molecule is CS(=O)(=O)c1ccc(Cl)c(NC(=O)COC(=O)c2cccnc2Nc2ccccc2F)c1. The van der Waals surface area contributed by atoms with Crippen molar-refractivity contribution in [1.29, 1.82) is 0 Å². The number of benzene rings is 2. The number of hydrogen-bond acceptors (Lipinski definition) is 7. The van der Waals surface area contributed by atoms with E-state index in [0.29, 0.717) is 0 Å². The lowest BCUT2D eigenvalue weighted by Crippen LogP contribution is -2.21. The van der Waals surface area contributed by atoms with E-state index in [-0.39, 0.29) is 32.7 Å². The highest BCUT2D eigenvalue weighted by Gasteiger charge is 2.18. The molecule has 0 aliphatic rings. The predicted molar refractivity (Wildman–Crippen MR) is 117 cm³/mol. The lowest BCUT2D eigenvalue weighted by Gasteiger charge is -2.12. The second-order valence-electron chi connectivity index (χ2n) is 6.54. The number of amides is 1. The number of carbonyl (C=O) groups is 2. The number of halogens is 2. The monoisotopic (exact) mass is 477 g/mol. The predicted octanol–water partition coefficient (Wildman–Crippen LogP) is 3.82. The highest BCUT2D eigenvalue weighted by Crippen LogP contribution is 2.25. The summed E-state index contributed by atoms with van der Waals surface area (Å²) in [5.41, 5.74) is 0.151. The number of carbonyl (C=O) groups excluding carboxylic acids is 2. The number of ether oxygens (including phenoxy) is 1. The Morgan fingerprint density at radius 2 is 1.84 bits per heavy atom. The minimum atomic E-state index is -3.51. The van der Waals surface area contributed by atoms with Crippen LogP contribution in [0.2, 0.25) is 5.02 Å². The van der Waals surface area contributed by atoms with Gasteiger partial charge in [-0.3, -0.25) is 4.79 Å². The van der Waals surface area contributed by atoms with Gasteiger partial charge in [-0.1, -0.05) is 23.7 Å². The van der Waals surface area contributed by atoms with Crippen molar-refractivity contribution in [3.05, 3.63) is 77.2 Å². The van der Waals surface area contributed by atoms with Gasteiger partial charge in [-0.2, -0.15) is 0 Å². The average Bonchev–Trinajstić information content (AvgIpc) is 2.75. The van der Waals surface area contributed by atoms with Gasteiger partial charge in [0.25, 0.3) is 5.91 Å². The highest BCUT2D eigenvalue weighted by atomic mass is 35.5. The second kappa shape index (κ2) is 9.75. The Labute approximate surface area is 188 Å². The van der Waals surface area contributed by atoms with Gasteiger partial charge in [-0.05, 0) is 42.5 Å². The molecule has 1 amide bonds. The van der Waals surface area contributed by atoms with E-state index in [4.69, 9.17) is 16.3 Å². The van der Waals surface area contributed by atoms with Crippen molar-refractivity contribution in [2.45, 2.75) is 4.90 Å². The van der Waals surface area contributed by atoms with Gasteiger partial charge in [0.05, 0.1) is 21.3 Å². The molecule has 0 aliphatic carbocycles. The first-order valence-electron chi connectivity index (χ1n) is 9.08. The van der Waals surface area contributed by atoms with Crippen LogP contribution in [0.5, 0.6) is 0 Å². The van der Waals surface area contributed by atoms with E-state index >= 15 is 0 Å². The van der Waals surface area contributed by atoms with Crippen LogP contribution in [0.4, 0.5) is 21.6 Å². The van der Waals surface area contributed by atoms with Gasteiger partial charge in [0.15, 0.2) is 16.4 Å². The molecule has 1 aromatic heterocycles. The normalized spacial score (nSPS) is 11.0. The molecule has 0 saturated carbocycles. The summed E-state index contributed by atoms with van der Waals surface area (Å²) in [5.74, 6) is -2.10. The molecule has 0 bridgehead atoms. The molecule has 2 N–H and O–H groups in total. The summed E-state index contributed by atoms with van der Waals surface area (Å²) in [6.45, 7) is -0.674. The van der Waals surface area contributed by atoms with Gasteiger partial charge >= 0.3 is 5.97 Å². The summed E-state index contributed by atoms with van der Waals surface area (Å²) in [5, 5.41) is 5.22. The number of aromatic nitrogens is 1. The Kier molecular flexibility index (Phi) is 7.06. The Balaban J connectivity index is 1.68. The topological polar surface area (TPSA) is 114 Å². The molecule has 166 valence electrons. The Morgan fingerprint density at radius 1 is 1.09 bits per heavy atom. The van der Waals surface area contributed by atoms with E-state index in [1.165, 1.54) is 54.7 Å². The number of rotatable bonds is 7. The van der Waals surface area contributed by atoms with Crippen LogP contribution in [-0.2, 0) is 19.4 Å². The Hall–Kier alpha value is -3.50. The van der Waals surface area contributed by atoms with Crippen molar-refractivity contribution in [2.24, 2.45) is 0 Å². The van der Waals surface area contributed by atoms with Crippen LogP contribution in [-0.4, -0.2) is 38.1 Å². The van der Waals surface area contributed by atoms with E-state index in [9.17, 15) is 22.4 Å². The number of esters is 1. The van der Waals surface area contributed by atoms with E-state index in [2.05, 4.69) is 15.6 Å². The molecular weight excluding hydrogens is 461 g/mol. The lowest BCUT2D eigenvalue weighted by molar-refractivity contribution is -0.119. The zero-order valence-corrected chi connectivity index (χ0v) is 18.2. The largest absolute Gasteiger partial charge is 0.452 e. The molecule has 0 radical (unpaired) electrons. The number of anilines is 3. The maximum Gasteiger partial charge on any atom is 0.342 e. The number of pyridine rings is 1. The third kappa shape index (κ3) is 5.80. The van der Waals surface area contributed by atoms with E-state index in [0.717, 1.165) is 6.26 Å². The molecule has 8 nitrogen and oxygen atoms in total. The van der Waals surface area contributed by atoms with Crippen LogP contribution in [0.25, 0.3) is 0 Å². The molecule has 2 aromatic carbocycles. The smallest absolute Gasteiger partial charge is 0.342 e. The number of nitrogens with one attached hydrogen (secondary N) is 2. The fourth-order valence-electron chi connectivity index (χ4n) is 2.59. The second-order valence-corrected chi connectivity index (χ2v) is 8.97. The summed E-state index contributed by atoms with van der Waals surface area (Å²) in [6.07, 6.45) is 2.42. The quantitative estimate of drug-likeness (QED) is 0.497. The molecule has 1 heterocycles. The molecule has 0 aliphatic heterocycles. The Morgan fingerprint density at radius 3 is 2.56 bits per heavy atom. The first-order chi connectivity index (χ1) is 15.1. The van der Waals surface area contributed by atoms with Crippen LogP contribution < -0.4 is 10.6 Å². The molecule has 11 heteroatoms. The molecule has 0 unspecified atom stereocenters. The van der Waals surface area contributed by atoms with Gasteiger partial charge in [0, 0.05) is 12.5 Å². The van der Waals surface area contributed by atoms with Crippen LogP contribution in [0, 0.1) is 5.82 Å². The zero-order valence-electron chi connectivity index (χ0n) is 16.6. The van der Waals surface area contributed by atoms with Crippen molar-refractivity contribution in [1.82, 2.24) is 4.98 Å². The van der Waals surface area contributed by atoms with Crippen LogP contribution in [0.15, 0.2) is 65.7 Å². The zero-order chi connectivity index (χ0) is 23.3. The van der Waals surface area contributed by atoms with Crippen molar-refractivity contribution in [2.75, 3.05) is 23.5 Å². The fourth-order valence-corrected chi connectivity index (χ4v) is 3.40. The molecule has 0 spiro atoms. The third-order valence-electron chi connectivity index (χ3n) is 4.13. The molecule has 3 aromatic rings. The molecule has 32 heavy (non-hydrogen) atoms. The van der Waals surface area contributed by atoms with E-state index < -0.39 is 34.1 Å². The first kappa shape index (κ1) is 23.2. The number of nitrogens with zero attached hydrogens (tertiary/aromatic N) is 1. The molecule has 0 saturated heterocycles. The van der Waals surface area contributed by atoms with Crippen molar-refractivity contribution < 1.29 is 27.1 Å². The van der Waals surface area contributed by atoms with E-state index in [1.807, 2.05) is 0 Å². The first-order valence-corrected chi connectivity index (χ1v) is 11.4. The third-order valence-corrected chi connectivity index (χ3v) is 5.57. The maximum absolute atomic E-state index is 13.9. The lowest BCUT2D eigenvalue weighted by atomic mass is 10.2. The molecule has 3 rings (SSSR count). The number of hydrogen-bond donors (Lipinski definition) is 2. The van der Waals surface area contributed by atoms with Crippen molar-refractivity contribution in [3.8, 4) is 0 Å². The minimum Gasteiger partial charge on any atom is -0.452 e. The standard InChI is InChI=1S/C21H17ClFN3O5S/c1-32(29,30)13-8-9-15(22)18(11-13)25-19(27)12-31-21(28)14-5-4-10-24-20(14)26-17-7-3-2-6-16(17)23/h2-11H,12H2,1H3,(H,24,26)(H,25,27). The van der Waals surface area contributed by atoms with Crippen LogP contribution in [0.1, 0.15) is 10.4 Å². The van der Waals surface area contributed by atoms with Crippen LogP contribution >= 0.6 is 11.6 Å². The average molecular weight is 478 g/mol. The maximum atomic E-state index is 13.9. The van der Waals surface area contributed by atoms with E-state index in [1.54, 1.807) is 6.07 Å². The number of para-hydroxylation sites is 1. The van der Waals surface area contributed by atoms with Gasteiger partial charge in [0.1, 0.15) is 17.2 Å². The van der Waals surface area contributed by atoms with Crippen molar-refractivity contribution >= 4 is 50.5 Å². The van der Waals surface area contributed by atoms with Gasteiger partial charge in [-0.15, -0.1) is 0 Å². The Bertz CT molecular complexity index is 1280. The highest BCUT2D eigenvalue weighted by molar-refractivity contribution is 7.90. The molecule has 0 fully saturated rings. The van der Waals surface area contributed by atoms with Gasteiger partial charge in [-0.25, -0.2) is 22.6 Å². The fraction of sp³-hybridized carbons (Fsp3) is 0.0952. The summed E-state index contributed by atoms with van der Waals surface area (Å²) < 4.78 is 42.3. The summed E-state index contributed by atoms with van der Waals surface area (Å²) >= 11 is 6.00. The van der Waals surface area contributed by atoms with Crippen LogP contribution in [0.3, 0.4) is 0 Å². The van der Waals surface area contributed by atoms with Gasteiger partial charge < -0.3 is 15.4 Å². The molecular formula is C21H17ClFN3O5S. The summed E-state index contributed by atoms with van der Waals surface area (Å²) in [4.78, 5) is 28.7. The summed E-state index contributed by atoms with van der Waals surface area (Å²) in [6, 6.07) is 12.6. The van der Waals surface area contributed by atoms with Gasteiger partial charge in [0.2, 0.25) is 0 Å². The minimum absolute atomic E-state index is 0.0133. The number of sulfone groups is 1. The van der Waals surface area contributed by atoms with Crippen molar-refractivity contribution in [3.63, 3.8) is 0 Å². The molecule has 0 atom stereocenters. The summed E-state index contributed by atoms with van der Waals surface area (Å²) in [7, 11) is -3.51.